The molecular weight excluding hydrogens is 706 g/mol. The molecule has 0 aliphatic carbocycles. The van der Waals surface area contributed by atoms with Crippen LogP contribution in [0.1, 0.15) is 70.9 Å². The van der Waals surface area contributed by atoms with Gasteiger partial charge in [0.05, 0.1) is 6.54 Å². The van der Waals surface area contributed by atoms with Gasteiger partial charge < -0.3 is 42.0 Å². The molecule has 15 heteroatoms. The maximum atomic E-state index is 14.2. The third-order valence-electron chi connectivity index (χ3n) is 9.29. The number of carbonyl (C=O) groups is 7. The van der Waals surface area contributed by atoms with Crippen LogP contribution in [0.5, 0.6) is 0 Å². The highest BCUT2D eigenvalue weighted by Gasteiger charge is 2.34. The van der Waals surface area contributed by atoms with Crippen molar-refractivity contribution >= 4 is 52.3 Å². The van der Waals surface area contributed by atoms with Crippen LogP contribution < -0.4 is 31.9 Å². The molecule has 15 nitrogen and oxygen atoms in total. The van der Waals surface area contributed by atoms with E-state index in [2.05, 4.69) is 36.9 Å². The predicted molar refractivity (Wildman–Crippen MR) is 205 cm³/mol. The second-order valence-electron chi connectivity index (χ2n) is 14.9. The van der Waals surface area contributed by atoms with Gasteiger partial charge in [-0.3, -0.25) is 33.6 Å². The summed E-state index contributed by atoms with van der Waals surface area (Å²) in [7, 11) is 0. The number of amides is 6. The van der Waals surface area contributed by atoms with Gasteiger partial charge in [-0.15, -0.1) is 0 Å². The first-order valence-electron chi connectivity index (χ1n) is 18.8. The second-order valence-corrected chi connectivity index (χ2v) is 14.9. The molecule has 0 bridgehead atoms. The molecule has 6 amide bonds. The molecule has 296 valence electrons. The van der Waals surface area contributed by atoms with Gasteiger partial charge >= 0.3 is 5.97 Å². The third-order valence-corrected chi connectivity index (χ3v) is 9.29. The summed E-state index contributed by atoms with van der Waals surface area (Å²) in [6.07, 6.45) is 1.84. The Labute approximate surface area is 320 Å². The second kappa shape index (κ2) is 20.1. The van der Waals surface area contributed by atoms with Gasteiger partial charge in [-0.25, -0.2) is 0 Å². The number of nitrogens with one attached hydrogen (secondary N) is 7. The van der Waals surface area contributed by atoms with E-state index in [1.807, 2.05) is 58.0 Å². The molecule has 8 N–H and O–H groups in total. The highest BCUT2D eigenvalue weighted by Crippen LogP contribution is 2.20. The fraction of sp³-hybridized carbons (Fsp3) is 0.475. The van der Waals surface area contributed by atoms with E-state index in [-0.39, 0.29) is 56.8 Å². The summed E-state index contributed by atoms with van der Waals surface area (Å²) in [4.78, 5) is 97.5. The van der Waals surface area contributed by atoms with Crippen molar-refractivity contribution in [2.24, 2.45) is 11.8 Å². The molecule has 0 unspecified atom stereocenters. The molecule has 2 heterocycles. The van der Waals surface area contributed by atoms with Crippen LogP contribution in [0.2, 0.25) is 0 Å². The lowest BCUT2D eigenvalue weighted by atomic mass is 9.99. The van der Waals surface area contributed by atoms with Crippen molar-refractivity contribution in [3.8, 4) is 0 Å². The summed E-state index contributed by atoms with van der Waals surface area (Å²) in [6, 6.07) is 10.5. The Balaban J connectivity index is 1.75. The van der Waals surface area contributed by atoms with Crippen LogP contribution in [0.15, 0.2) is 60.8 Å². The average molecular weight is 760 g/mol. The lowest BCUT2D eigenvalue weighted by Crippen LogP contribution is -2.60. The minimum atomic E-state index is -1.29. The molecule has 55 heavy (non-hydrogen) atoms. The smallest absolute Gasteiger partial charge is 0.303 e. The molecule has 1 fully saturated rings. The number of benzene rings is 2. The molecule has 1 aliphatic heterocycles. The van der Waals surface area contributed by atoms with Crippen LogP contribution in [-0.2, 0) is 46.4 Å². The molecule has 0 radical (unpaired) electrons. The standard InChI is InChI=1S/C40H53N7O8/c1-23(2)17-30-38(53)45-31(18-24(3)4)39(54)44-29(15-10-16-35(49)50)37(52)47-33(20-26-21-41-28-14-9-8-13-27(26)28)40(55)46-32(19-25-11-6-5-7-12-25)36(51)42-22-34(48)43-30/h5-9,11-14,21,23-24,29-33,41H,10,15-20,22H2,1-4H3,(H,42,51)(H,43,48)(H,44,54)(H,45,53)(H,46,55)(H,47,52)(H,49,50)/t29-,30-,31+,32-,33-/m0/s1. The Morgan fingerprint density at radius 2 is 1.18 bits per heavy atom. The zero-order valence-electron chi connectivity index (χ0n) is 31.8. The van der Waals surface area contributed by atoms with E-state index in [9.17, 15) is 38.7 Å². The number of hydrogen-bond donors (Lipinski definition) is 8. The first-order valence-corrected chi connectivity index (χ1v) is 18.8. The molecule has 1 aliphatic rings. The van der Waals surface area contributed by atoms with E-state index in [0.29, 0.717) is 5.56 Å². The van der Waals surface area contributed by atoms with Crippen LogP contribution >= 0.6 is 0 Å². The Morgan fingerprint density at radius 3 is 1.82 bits per heavy atom. The number of aliphatic carboxylic acids is 1. The van der Waals surface area contributed by atoms with Crippen molar-refractivity contribution < 1.29 is 38.7 Å². The highest BCUT2D eigenvalue weighted by molar-refractivity contribution is 5.98. The van der Waals surface area contributed by atoms with Crippen molar-refractivity contribution in [3.05, 3.63) is 71.9 Å². The molecule has 4 rings (SSSR count). The van der Waals surface area contributed by atoms with Crippen LogP contribution in [-0.4, -0.2) is 88.3 Å². The maximum Gasteiger partial charge on any atom is 0.303 e. The number of carboxylic acids is 1. The summed E-state index contributed by atoms with van der Waals surface area (Å²) < 4.78 is 0. The summed E-state index contributed by atoms with van der Waals surface area (Å²) >= 11 is 0. The van der Waals surface area contributed by atoms with Gasteiger partial charge in [-0.05, 0) is 54.7 Å². The van der Waals surface area contributed by atoms with E-state index in [1.165, 1.54) is 0 Å². The van der Waals surface area contributed by atoms with E-state index >= 15 is 0 Å². The number of carboxylic acid groups (broad SMARTS) is 1. The van der Waals surface area contributed by atoms with Gasteiger partial charge in [0.25, 0.3) is 0 Å². The number of aromatic nitrogens is 1. The van der Waals surface area contributed by atoms with Gasteiger partial charge in [0.15, 0.2) is 0 Å². The number of fused-ring (bicyclic) bond motifs is 1. The lowest BCUT2D eigenvalue weighted by Gasteiger charge is -2.28. The van der Waals surface area contributed by atoms with Crippen molar-refractivity contribution in [2.75, 3.05) is 6.54 Å². The van der Waals surface area contributed by atoms with Gasteiger partial charge in [0.1, 0.15) is 30.2 Å². The quantitative estimate of drug-likeness (QED) is 0.136. The van der Waals surface area contributed by atoms with Crippen molar-refractivity contribution in [3.63, 3.8) is 0 Å². The van der Waals surface area contributed by atoms with Gasteiger partial charge in [0.2, 0.25) is 35.4 Å². The molecule has 0 saturated carbocycles. The number of H-pyrrole nitrogens is 1. The molecule has 5 atom stereocenters. The number of rotatable bonds is 12. The Bertz CT molecular complexity index is 1830. The summed E-state index contributed by atoms with van der Waals surface area (Å²) in [6.45, 7) is 6.96. The monoisotopic (exact) mass is 759 g/mol. The van der Waals surface area contributed by atoms with Crippen molar-refractivity contribution in [2.45, 2.75) is 103 Å². The fourth-order valence-electron chi connectivity index (χ4n) is 6.55. The van der Waals surface area contributed by atoms with Gasteiger partial charge in [-0.1, -0.05) is 76.2 Å². The predicted octanol–water partition coefficient (Wildman–Crippen LogP) is 1.85. The fourth-order valence-corrected chi connectivity index (χ4v) is 6.55. The van der Waals surface area contributed by atoms with Crippen LogP contribution in [0.4, 0.5) is 0 Å². The minimum absolute atomic E-state index is 0.0112. The SMILES string of the molecule is CC(C)C[C@@H]1NC(=O)CNC(=O)[C@H](Cc2ccccc2)NC(=O)[C@H](Cc2c[nH]c3ccccc23)NC(=O)[C@H](CCCC(=O)O)NC(=O)[C@@H](CC(C)C)NC1=O. The van der Waals surface area contributed by atoms with E-state index in [0.717, 1.165) is 16.5 Å². The molecule has 2 aromatic carbocycles. The number of carbonyl (C=O) groups excluding carboxylic acids is 6. The van der Waals surface area contributed by atoms with E-state index in [4.69, 9.17) is 0 Å². The topological polar surface area (TPSA) is 228 Å². The van der Waals surface area contributed by atoms with Crippen molar-refractivity contribution in [1.82, 2.24) is 36.9 Å². The van der Waals surface area contributed by atoms with E-state index < -0.39 is 78.2 Å². The summed E-state index contributed by atoms with van der Waals surface area (Å²) in [5.74, 6) is -5.24. The van der Waals surface area contributed by atoms with Crippen LogP contribution in [0, 0.1) is 11.8 Å². The first-order chi connectivity index (χ1) is 26.2. The molecule has 1 aromatic heterocycles. The van der Waals surface area contributed by atoms with E-state index in [1.54, 1.807) is 30.5 Å². The Hall–Kier alpha value is -5.73. The Kier molecular flexibility index (Phi) is 15.3. The zero-order chi connectivity index (χ0) is 40.1. The zero-order valence-corrected chi connectivity index (χ0v) is 31.8. The van der Waals surface area contributed by atoms with Crippen LogP contribution in [0.3, 0.4) is 0 Å². The normalized spacial score (nSPS) is 22.2. The molecule has 3 aromatic rings. The maximum absolute atomic E-state index is 14.2. The van der Waals surface area contributed by atoms with Crippen molar-refractivity contribution in [1.29, 1.82) is 0 Å². The number of hydrogen-bond acceptors (Lipinski definition) is 7. The van der Waals surface area contributed by atoms with Gasteiger partial charge in [-0.2, -0.15) is 0 Å². The number of aromatic amines is 1. The summed E-state index contributed by atoms with van der Waals surface area (Å²) in [5.41, 5.74) is 2.22. The molecule has 0 spiro atoms. The molecule has 1 saturated heterocycles. The minimum Gasteiger partial charge on any atom is -0.481 e. The number of para-hydroxylation sites is 1. The van der Waals surface area contributed by atoms with Gasteiger partial charge in [0, 0.05) is 36.4 Å². The third kappa shape index (κ3) is 13.0. The lowest BCUT2D eigenvalue weighted by molar-refractivity contribution is -0.137. The highest BCUT2D eigenvalue weighted by atomic mass is 16.4. The molecular formula is C40H53N7O8. The Morgan fingerprint density at radius 1 is 0.655 bits per heavy atom. The van der Waals surface area contributed by atoms with Crippen LogP contribution in [0.25, 0.3) is 10.9 Å². The largest absolute Gasteiger partial charge is 0.481 e. The average Bonchev–Trinajstić information content (AvgIpc) is 3.54. The first kappa shape index (κ1) is 42.0. The summed E-state index contributed by atoms with van der Waals surface area (Å²) in [5, 5.41) is 26.4.